The summed E-state index contributed by atoms with van der Waals surface area (Å²) in [4.78, 5) is 0. The molecule has 1 saturated carbocycles. The van der Waals surface area contributed by atoms with Gasteiger partial charge in [0.1, 0.15) is 0 Å². The first-order chi connectivity index (χ1) is 6.40. The summed E-state index contributed by atoms with van der Waals surface area (Å²) in [6.45, 7) is 1.86. The second kappa shape index (κ2) is 4.40. The van der Waals surface area contributed by atoms with E-state index in [2.05, 4.69) is 0 Å². The zero-order valence-corrected chi connectivity index (χ0v) is 7.95. The van der Waals surface area contributed by atoms with Gasteiger partial charge in [0, 0.05) is 12.5 Å². The van der Waals surface area contributed by atoms with Crippen LogP contribution < -0.4 is 0 Å². The van der Waals surface area contributed by atoms with Crippen LogP contribution in [0.5, 0.6) is 0 Å². The summed E-state index contributed by atoms with van der Waals surface area (Å²) < 4.78 is 11.0. The van der Waals surface area contributed by atoms with E-state index in [9.17, 15) is 0 Å². The van der Waals surface area contributed by atoms with Gasteiger partial charge >= 0.3 is 0 Å². The number of ether oxygens (including phenoxy) is 2. The van der Waals surface area contributed by atoms with Gasteiger partial charge in [-0.15, -0.1) is 0 Å². The molecule has 76 valence electrons. The van der Waals surface area contributed by atoms with Gasteiger partial charge in [-0.3, -0.25) is 0 Å². The van der Waals surface area contributed by atoms with Crippen LogP contribution in [-0.2, 0) is 9.47 Å². The topological polar surface area (TPSA) is 38.7 Å². The Morgan fingerprint density at radius 2 is 1.62 bits per heavy atom. The van der Waals surface area contributed by atoms with E-state index in [0.717, 1.165) is 38.9 Å². The summed E-state index contributed by atoms with van der Waals surface area (Å²) in [5, 5.41) is 8.98. The first-order valence-corrected chi connectivity index (χ1v) is 5.24. The van der Waals surface area contributed by atoms with E-state index in [0.29, 0.717) is 18.4 Å². The average molecular weight is 186 g/mol. The molecule has 2 aliphatic rings. The van der Waals surface area contributed by atoms with Gasteiger partial charge in [0.15, 0.2) is 6.29 Å². The van der Waals surface area contributed by atoms with Crippen molar-refractivity contribution < 1.29 is 14.6 Å². The monoisotopic (exact) mass is 186 g/mol. The maximum Gasteiger partial charge on any atom is 0.160 e. The van der Waals surface area contributed by atoms with Crippen molar-refractivity contribution in [3.8, 4) is 0 Å². The van der Waals surface area contributed by atoms with Gasteiger partial charge < -0.3 is 14.6 Å². The molecular formula is C10H18O3. The van der Waals surface area contributed by atoms with Crippen LogP contribution in [0.25, 0.3) is 0 Å². The molecule has 2 rings (SSSR count). The highest BCUT2D eigenvalue weighted by Gasteiger charge is 2.30. The van der Waals surface area contributed by atoms with E-state index in [1.54, 1.807) is 0 Å². The molecule has 1 aliphatic carbocycles. The summed E-state index contributed by atoms with van der Waals surface area (Å²) in [6, 6.07) is 0. The Hall–Kier alpha value is -0.120. The second-order valence-electron chi connectivity index (χ2n) is 4.07. The van der Waals surface area contributed by atoms with Crippen molar-refractivity contribution in [2.45, 2.75) is 32.0 Å². The Bertz CT molecular complexity index is 146. The van der Waals surface area contributed by atoms with Gasteiger partial charge in [0.25, 0.3) is 0 Å². The van der Waals surface area contributed by atoms with Gasteiger partial charge in [0.05, 0.1) is 13.2 Å². The number of aliphatic hydroxyl groups is 1. The maximum absolute atomic E-state index is 8.98. The fourth-order valence-corrected chi connectivity index (χ4v) is 2.29. The Morgan fingerprint density at radius 1 is 1.00 bits per heavy atom. The lowest BCUT2D eigenvalue weighted by molar-refractivity contribution is -0.0963. The molecule has 1 saturated heterocycles. The smallest absolute Gasteiger partial charge is 0.160 e. The minimum Gasteiger partial charge on any atom is -0.396 e. The Morgan fingerprint density at radius 3 is 2.15 bits per heavy atom. The molecule has 2 fully saturated rings. The van der Waals surface area contributed by atoms with Crippen LogP contribution in [0.1, 0.15) is 25.7 Å². The zero-order valence-electron chi connectivity index (χ0n) is 7.95. The molecule has 0 radical (unpaired) electrons. The van der Waals surface area contributed by atoms with Crippen LogP contribution in [0.3, 0.4) is 0 Å². The zero-order chi connectivity index (χ0) is 9.10. The van der Waals surface area contributed by atoms with Gasteiger partial charge in [-0.05, 0) is 31.6 Å². The van der Waals surface area contributed by atoms with Crippen LogP contribution >= 0.6 is 0 Å². The third-order valence-electron chi connectivity index (χ3n) is 3.18. The number of aliphatic hydroxyl groups excluding tert-OH is 1. The standard InChI is InChI=1S/C10H18O3/c11-7-8-1-3-9(4-2-8)10-12-5-6-13-10/h8-11H,1-7H2/t8-,9-. The van der Waals surface area contributed by atoms with Crippen molar-refractivity contribution in [1.29, 1.82) is 0 Å². The summed E-state index contributed by atoms with van der Waals surface area (Å²) in [5.41, 5.74) is 0. The molecule has 0 atom stereocenters. The molecule has 1 N–H and O–H groups in total. The number of hydrogen-bond acceptors (Lipinski definition) is 3. The van der Waals surface area contributed by atoms with Gasteiger partial charge in [0.2, 0.25) is 0 Å². The number of rotatable bonds is 2. The molecule has 13 heavy (non-hydrogen) atoms. The van der Waals surface area contributed by atoms with E-state index in [1.807, 2.05) is 0 Å². The predicted molar refractivity (Wildman–Crippen MR) is 48.2 cm³/mol. The minimum atomic E-state index is 0.0552. The molecule has 0 aromatic carbocycles. The highest BCUT2D eigenvalue weighted by atomic mass is 16.7. The van der Waals surface area contributed by atoms with Crippen molar-refractivity contribution in [2.24, 2.45) is 11.8 Å². The molecule has 1 aliphatic heterocycles. The van der Waals surface area contributed by atoms with E-state index in [-0.39, 0.29) is 6.29 Å². The van der Waals surface area contributed by atoms with E-state index in [4.69, 9.17) is 14.6 Å². The van der Waals surface area contributed by atoms with Crippen LogP contribution in [-0.4, -0.2) is 31.2 Å². The maximum atomic E-state index is 8.98. The molecule has 3 heteroatoms. The molecule has 0 spiro atoms. The van der Waals surface area contributed by atoms with Gasteiger partial charge in [-0.2, -0.15) is 0 Å². The summed E-state index contributed by atoms with van der Waals surface area (Å²) in [5.74, 6) is 1.10. The number of hydrogen-bond donors (Lipinski definition) is 1. The summed E-state index contributed by atoms with van der Waals surface area (Å²) in [6.07, 6.45) is 4.61. The minimum absolute atomic E-state index is 0.0552. The molecule has 0 aromatic heterocycles. The van der Waals surface area contributed by atoms with Crippen LogP contribution in [0.4, 0.5) is 0 Å². The van der Waals surface area contributed by atoms with Crippen LogP contribution in [0.2, 0.25) is 0 Å². The van der Waals surface area contributed by atoms with Crippen molar-refractivity contribution in [1.82, 2.24) is 0 Å². The van der Waals surface area contributed by atoms with Crippen molar-refractivity contribution in [3.63, 3.8) is 0 Å². The summed E-state index contributed by atoms with van der Waals surface area (Å²) >= 11 is 0. The molecule has 0 aromatic rings. The Kier molecular flexibility index (Phi) is 3.19. The predicted octanol–water partition coefficient (Wildman–Crippen LogP) is 1.16. The average Bonchev–Trinajstić information content (AvgIpc) is 2.71. The fourth-order valence-electron chi connectivity index (χ4n) is 2.29. The van der Waals surface area contributed by atoms with E-state index < -0.39 is 0 Å². The third kappa shape index (κ3) is 2.22. The first-order valence-electron chi connectivity index (χ1n) is 5.24. The van der Waals surface area contributed by atoms with Gasteiger partial charge in [-0.25, -0.2) is 0 Å². The molecular weight excluding hydrogens is 168 g/mol. The summed E-state index contributed by atoms with van der Waals surface area (Å²) in [7, 11) is 0. The molecule has 1 heterocycles. The Labute approximate surface area is 79.0 Å². The Balaban J connectivity index is 1.77. The third-order valence-corrected chi connectivity index (χ3v) is 3.18. The SMILES string of the molecule is OC[C@H]1CC[C@H](C2OCCO2)CC1. The van der Waals surface area contributed by atoms with Crippen LogP contribution in [0, 0.1) is 11.8 Å². The lowest BCUT2D eigenvalue weighted by Gasteiger charge is -2.29. The molecule has 3 nitrogen and oxygen atoms in total. The van der Waals surface area contributed by atoms with Crippen molar-refractivity contribution in [3.05, 3.63) is 0 Å². The molecule has 0 amide bonds. The quantitative estimate of drug-likeness (QED) is 0.703. The highest BCUT2D eigenvalue weighted by Crippen LogP contribution is 2.33. The lowest BCUT2D eigenvalue weighted by atomic mass is 9.82. The lowest BCUT2D eigenvalue weighted by Crippen LogP contribution is -2.27. The van der Waals surface area contributed by atoms with Crippen molar-refractivity contribution in [2.75, 3.05) is 19.8 Å². The van der Waals surface area contributed by atoms with Gasteiger partial charge in [-0.1, -0.05) is 0 Å². The highest BCUT2D eigenvalue weighted by molar-refractivity contribution is 4.75. The van der Waals surface area contributed by atoms with E-state index >= 15 is 0 Å². The van der Waals surface area contributed by atoms with Crippen LogP contribution in [0.15, 0.2) is 0 Å². The largest absolute Gasteiger partial charge is 0.396 e. The second-order valence-corrected chi connectivity index (χ2v) is 4.07. The molecule has 0 bridgehead atoms. The molecule has 0 unspecified atom stereocenters. The normalized spacial score (nSPS) is 36.7. The van der Waals surface area contributed by atoms with Crippen molar-refractivity contribution >= 4 is 0 Å². The fraction of sp³-hybridized carbons (Fsp3) is 1.00. The first kappa shape index (κ1) is 9.44. The van der Waals surface area contributed by atoms with E-state index in [1.165, 1.54) is 0 Å².